The maximum Gasteiger partial charge on any atom is 0.124 e. The molecule has 1 rings (SSSR count). The van der Waals surface area contributed by atoms with Gasteiger partial charge in [0.25, 0.3) is 0 Å². The van der Waals surface area contributed by atoms with E-state index in [1.54, 1.807) is 7.11 Å². The van der Waals surface area contributed by atoms with Gasteiger partial charge in [0.15, 0.2) is 0 Å². The van der Waals surface area contributed by atoms with Crippen molar-refractivity contribution in [3.8, 4) is 5.75 Å². The van der Waals surface area contributed by atoms with Gasteiger partial charge in [-0.2, -0.15) is 0 Å². The van der Waals surface area contributed by atoms with Crippen molar-refractivity contribution in [2.24, 2.45) is 0 Å². The molecule has 0 radical (unpaired) electrons. The highest BCUT2D eigenvalue weighted by atomic mass is 16.5. The molecule has 1 aromatic rings. The largest absolute Gasteiger partial charge is 0.496 e. The van der Waals surface area contributed by atoms with Gasteiger partial charge in [-0.1, -0.05) is 19.9 Å². The smallest absolute Gasteiger partial charge is 0.124 e. The fourth-order valence-corrected chi connectivity index (χ4v) is 1.57. The summed E-state index contributed by atoms with van der Waals surface area (Å²) in [4.78, 5) is 0. The Morgan fingerprint density at radius 3 is 1.79 bits per heavy atom. The Balaban J connectivity index is 0.000000791. The molecule has 0 spiro atoms. The average molecular weight is 194 g/mol. The van der Waals surface area contributed by atoms with Crippen molar-refractivity contribution in [1.82, 2.24) is 0 Å². The number of rotatable bonds is 1. The lowest BCUT2D eigenvalue weighted by Gasteiger charge is -2.12. The van der Waals surface area contributed by atoms with Gasteiger partial charge in [0, 0.05) is 0 Å². The maximum atomic E-state index is 5.31. The standard InChI is InChI=1S/C11H16O.C2H6/c1-7-6-8(2)11(12-5)10(4)9(7)3;1-2/h6H,1-5H3;1-2H3. The lowest BCUT2D eigenvalue weighted by molar-refractivity contribution is 0.408. The first-order valence-electron chi connectivity index (χ1n) is 5.19. The van der Waals surface area contributed by atoms with Crippen LogP contribution in [-0.4, -0.2) is 7.11 Å². The highest BCUT2D eigenvalue weighted by Gasteiger charge is 2.06. The zero-order chi connectivity index (χ0) is 11.3. The first-order chi connectivity index (χ1) is 6.57. The van der Waals surface area contributed by atoms with Gasteiger partial charge in [-0.15, -0.1) is 0 Å². The van der Waals surface area contributed by atoms with Crippen molar-refractivity contribution in [3.05, 3.63) is 28.3 Å². The van der Waals surface area contributed by atoms with E-state index in [1.807, 2.05) is 13.8 Å². The van der Waals surface area contributed by atoms with E-state index in [0.717, 1.165) is 5.75 Å². The highest BCUT2D eigenvalue weighted by molar-refractivity contribution is 5.48. The molecule has 0 fully saturated rings. The van der Waals surface area contributed by atoms with Crippen LogP contribution < -0.4 is 4.74 Å². The lowest BCUT2D eigenvalue weighted by Crippen LogP contribution is -1.95. The molecule has 1 aromatic carbocycles. The summed E-state index contributed by atoms with van der Waals surface area (Å²) in [7, 11) is 1.73. The van der Waals surface area contributed by atoms with E-state index in [1.165, 1.54) is 22.3 Å². The van der Waals surface area contributed by atoms with Crippen LogP contribution in [0.25, 0.3) is 0 Å². The molecule has 0 atom stereocenters. The van der Waals surface area contributed by atoms with Gasteiger partial charge < -0.3 is 4.74 Å². The number of aryl methyl sites for hydroxylation is 2. The van der Waals surface area contributed by atoms with E-state index in [-0.39, 0.29) is 0 Å². The molecule has 0 unspecified atom stereocenters. The molecule has 0 saturated heterocycles. The van der Waals surface area contributed by atoms with Crippen LogP contribution in [0.2, 0.25) is 0 Å². The van der Waals surface area contributed by atoms with Gasteiger partial charge in [-0.25, -0.2) is 0 Å². The van der Waals surface area contributed by atoms with Crippen molar-refractivity contribution in [3.63, 3.8) is 0 Å². The Bertz CT molecular complexity index is 301. The second-order valence-electron chi connectivity index (χ2n) is 3.29. The Kier molecular flexibility index (Phi) is 5.29. The minimum absolute atomic E-state index is 1.03. The quantitative estimate of drug-likeness (QED) is 0.657. The van der Waals surface area contributed by atoms with Gasteiger partial charge in [0.05, 0.1) is 7.11 Å². The summed E-state index contributed by atoms with van der Waals surface area (Å²) >= 11 is 0. The summed E-state index contributed by atoms with van der Waals surface area (Å²) in [5.74, 6) is 1.03. The highest BCUT2D eigenvalue weighted by Crippen LogP contribution is 2.27. The summed E-state index contributed by atoms with van der Waals surface area (Å²) in [6.45, 7) is 12.5. The fourth-order valence-electron chi connectivity index (χ4n) is 1.57. The molecule has 80 valence electrons. The first kappa shape index (κ1) is 13.0. The van der Waals surface area contributed by atoms with Gasteiger partial charge in [-0.05, 0) is 49.9 Å². The van der Waals surface area contributed by atoms with E-state index in [9.17, 15) is 0 Å². The van der Waals surface area contributed by atoms with Gasteiger partial charge in [-0.3, -0.25) is 0 Å². The molecule has 0 aromatic heterocycles. The molecule has 1 nitrogen and oxygen atoms in total. The van der Waals surface area contributed by atoms with E-state index in [4.69, 9.17) is 4.74 Å². The summed E-state index contributed by atoms with van der Waals surface area (Å²) in [6.07, 6.45) is 0. The van der Waals surface area contributed by atoms with Gasteiger partial charge in [0.2, 0.25) is 0 Å². The topological polar surface area (TPSA) is 9.23 Å². The number of hydrogen-bond donors (Lipinski definition) is 0. The summed E-state index contributed by atoms with van der Waals surface area (Å²) < 4.78 is 5.31. The molecule has 0 amide bonds. The molecule has 1 heteroatoms. The number of hydrogen-bond acceptors (Lipinski definition) is 1. The Morgan fingerprint density at radius 2 is 1.36 bits per heavy atom. The predicted octanol–water partition coefficient (Wildman–Crippen LogP) is 3.96. The third kappa shape index (κ3) is 2.50. The van der Waals surface area contributed by atoms with Gasteiger partial charge >= 0.3 is 0 Å². The number of benzene rings is 1. The summed E-state index contributed by atoms with van der Waals surface area (Å²) in [5.41, 5.74) is 5.15. The molecule has 0 heterocycles. The maximum absolute atomic E-state index is 5.31. The molecule has 0 aliphatic carbocycles. The molecule has 0 saturated carbocycles. The monoisotopic (exact) mass is 194 g/mol. The SMILES string of the molecule is CC.COc1c(C)cc(C)c(C)c1C. The second kappa shape index (κ2) is 5.69. The third-order valence-corrected chi connectivity index (χ3v) is 2.49. The van der Waals surface area contributed by atoms with Crippen LogP contribution >= 0.6 is 0 Å². The van der Waals surface area contributed by atoms with Crippen molar-refractivity contribution in [2.75, 3.05) is 7.11 Å². The minimum Gasteiger partial charge on any atom is -0.496 e. The van der Waals surface area contributed by atoms with Crippen LogP contribution in [0.3, 0.4) is 0 Å². The zero-order valence-electron chi connectivity index (χ0n) is 10.5. The van der Waals surface area contributed by atoms with E-state index in [0.29, 0.717) is 0 Å². The third-order valence-electron chi connectivity index (χ3n) is 2.49. The van der Waals surface area contributed by atoms with E-state index >= 15 is 0 Å². The Labute approximate surface area is 88.1 Å². The molecule has 14 heavy (non-hydrogen) atoms. The Morgan fingerprint density at radius 1 is 0.857 bits per heavy atom. The number of methoxy groups -OCH3 is 1. The predicted molar refractivity (Wildman–Crippen MR) is 63.3 cm³/mol. The van der Waals surface area contributed by atoms with Crippen molar-refractivity contribution in [2.45, 2.75) is 41.5 Å². The van der Waals surface area contributed by atoms with Crippen LogP contribution in [0.4, 0.5) is 0 Å². The van der Waals surface area contributed by atoms with Crippen LogP contribution in [0.5, 0.6) is 5.75 Å². The van der Waals surface area contributed by atoms with E-state index < -0.39 is 0 Å². The molecule has 0 aliphatic heterocycles. The zero-order valence-corrected chi connectivity index (χ0v) is 10.5. The fraction of sp³-hybridized carbons (Fsp3) is 0.538. The first-order valence-corrected chi connectivity index (χ1v) is 5.19. The number of ether oxygens (including phenoxy) is 1. The molecular formula is C13H22O. The molecule has 0 bridgehead atoms. The van der Waals surface area contributed by atoms with Crippen molar-refractivity contribution < 1.29 is 4.74 Å². The molecular weight excluding hydrogens is 172 g/mol. The van der Waals surface area contributed by atoms with Crippen LogP contribution in [-0.2, 0) is 0 Å². The molecule has 0 aliphatic rings. The van der Waals surface area contributed by atoms with Gasteiger partial charge in [0.1, 0.15) is 5.75 Å². The normalized spacial score (nSPS) is 9.07. The Hall–Kier alpha value is -0.980. The van der Waals surface area contributed by atoms with Crippen LogP contribution in [0.1, 0.15) is 36.1 Å². The molecule has 0 N–H and O–H groups in total. The summed E-state index contributed by atoms with van der Waals surface area (Å²) in [5, 5.41) is 0. The average Bonchev–Trinajstić information content (AvgIpc) is 2.18. The van der Waals surface area contributed by atoms with E-state index in [2.05, 4.69) is 33.8 Å². The van der Waals surface area contributed by atoms with Crippen molar-refractivity contribution >= 4 is 0 Å². The van der Waals surface area contributed by atoms with Crippen LogP contribution in [0, 0.1) is 27.7 Å². The van der Waals surface area contributed by atoms with Crippen molar-refractivity contribution in [1.29, 1.82) is 0 Å². The van der Waals surface area contributed by atoms with Crippen LogP contribution in [0.15, 0.2) is 6.07 Å². The lowest BCUT2D eigenvalue weighted by atomic mass is 10.00. The minimum atomic E-state index is 1.03. The second-order valence-corrected chi connectivity index (χ2v) is 3.29. The summed E-state index contributed by atoms with van der Waals surface area (Å²) in [6, 6.07) is 2.17.